The molecule has 0 saturated carbocycles. The van der Waals surface area contributed by atoms with Crippen LogP contribution in [0.15, 0.2) is 29.3 Å². The van der Waals surface area contributed by atoms with Crippen LogP contribution in [0.1, 0.15) is 5.56 Å². The molecular formula is C12H13FN4O4S. The van der Waals surface area contributed by atoms with Gasteiger partial charge in [-0.15, -0.1) is 0 Å². The molecule has 0 aliphatic heterocycles. The number of aromatic nitrogens is 2. The number of halogens is 1. The van der Waals surface area contributed by atoms with Gasteiger partial charge >= 0.3 is 0 Å². The Labute approximate surface area is 126 Å². The maximum Gasteiger partial charge on any atom is 0.275 e. The van der Waals surface area contributed by atoms with E-state index >= 15 is 0 Å². The van der Waals surface area contributed by atoms with Gasteiger partial charge in [0.05, 0.1) is 11.0 Å². The van der Waals surface area contributed by atoms with Gasteiger partial charge in [0.15, 0.2) is 11.6 Å². The van der Waals surface area contributed by atoms with E-state index in [1.807, 2.05) is 0 Å². The van der Waals surface area contributed by atoms with Crippen LogP contribution in [0.2, 0.25) is 0 Å². The zero-order valence-electron chi connectivity index (χ0n) is 12.0. The zero-order valence-corrected chi connectivity index (χ0v) is 12.8. The summed E-state index contributed by atoms with van der Waals surface area (Å²) in [5, 5.41) is 14.7. The van der Waals surface area contributed by atoms with Gasteiger partial charge in [-0.1, -0.05) is 0 Å². The molecule has 2 rings (SSSR count). The van der Waals surface area contributed by atoms with E-state index in [0.29, 0.717) is 6.07 Å². The van der Waals surface area contributed by atoms with Crippen LogP contribution in [-0.4, -0.2) is 30.2 Å². The van der Waals surface area contributed by atoms with Crippen LogP contribution in [-0.2, 0) is 17.1 Å². The normalized spacial score (nSPS) is 11.5. The van der Waals surface area contributed by atoms with Crippen LogP contribution in [0.25, 0.3) is 0 Å². The molecule has 0 atom stereocenters. The molecule has 8 nitrogen and oxygen atoms in total. The molecule has 0 bridgehead atoms. The maximum absolute atomic E-state index is 14.0. The van der Waals surface area contributed by atoms with Crippen molar-refractivity contribution in [2.75, 3.05) is 11.4 Å². The predicted octanol–water partition coefficient (Wildman–Crippen LogP) is 1.60. The lowest BCUT2D eigenvalue weighted by molar-refractivity contribution is -0.385. The maximum atomic E-state index is 14.0. The highest BCUT2D eigenvalue weighted by Gasteiger charge is 2.29. The van der Waals surface area contributed by atoms with E-state index in [9.17, 15) is 22.9 Å². The number of hydrogen-bond acceptors (Lipinski definition) is 5. The molecule has 0 unspecified atom stereocenters. The second-order valence-corrected chi connectivity index (χ2v) is 6.58. The second-order valence-electron chi connectivity index (χ2n) is 4.65. The molecule has 0 radical (unpaired) electrons. The molecule has 0 spiro atoms. The molecule has 10 heteroatoms. The quantitative estimate of drug-likeness (QED) is 0.627. The summed E-state index contributed by atoms with van der Waals surface area (Å²) in [6.45, 7) is 1.34. The van der Waals surface area contributed by atoms with Crippen molar-refractivity contribution >= 4 is 21.5 Å². The van der Waals surface area contributed by atoms with Crippen molar-refractivity contribution in [3.05, 3.63) is 45.9 Å². The molecule has 22 heavy (non-hydrogen) atoms. The third-order valence-electron chi connectivity index (χ3n) is 3.11. The average Bonchev–Trinajstić information content (AvgIpc) is 2.86. The van der Waals surface area contributed by atoms with Crippen molar-refractivity contribution in [2.24, 2.45) is 7.05 Å². The van der Waals surface area contributed by atoms with Gasteiger partial charge in [0.25, 0.3) is 15.7 Å². The lowest BCUT2D eigenvalue weighted by Crippen LogP contribution is -2.28. The van der Waals surface area contributed by atoms with E-state index in [1.54, 1.807) is 13.2 Å². The van der Waals surface area contributed by atoms with E-state index in [-0.39, 0.29) is 11.4 Å². The molecular weight excluding hydrogens is 315 g/mol. The van der Waals surface area contributed by atoms with Crippen molar-refractivity contribution in [1.82, 2.24) is 9.78 Å². The van der Waals surface area contributed by atoms with Gasteiger partial charge in [0.1, 0.15) is 4.90 Å². The molecule has 0 N–H and O–H groups in total. The minimum Gasteiger partial charge on any atom is -0.274 e. The fraction of sp³-hybridized carbons (Fsp3) is 0.250. The topological polar surface area (TPSA) is 98.3 Å². The van der Waals surface area contributed by atoms with Crippen molar-refractivity contribution in [3.8, 4) is 0 Å². The van der Waals surface area contributed by atoms with E-state index in [0.717, 1.165) is 10.4 Å². The molecule has 118 valence electrons. The van der Waals surface area contributed by atoms with Crippen LogP contribution in [0, 0.1) is 22.9 Å². The van der Waals surface area contributed by atoms with Gasteiger partial charge < -0.3 is 0 Å². The highest BCUT2D eigenvalue weighted by Crippen LogP contribution is 2.28. The first-order valence-electron chi connectivity index (χ1n) is 6.07. The van der Waals surface area contributed by atoms with Gasteiger partial charge in [0.2, 0.25) is 0 Å². The summed E-state index contributed by atoms with van der Waals surface area (Å²) < 4.78 is 41.2. The largest absolute Gasteiger partial charge is 0.275 e. The Kier molecular flexibility index (Phi) is 3.88. The van der Waals surface area contributed by atoms with Crippen molar-refractivity contribution < 1.29 is 17.7 Å². The lowest BCUT2D eigenvalue weighted by atomic mass is 10.2. The highest BCUT2D eigenvalue weighted by molar-refractivity contribution is 7.92. The number of nitro groups is 1. The first kappa shape index (κ1) is 15.9. The minimum absolute atomic E-state index is 0.0550. The first-order chi connectivity index (χ1) is 10.1. The van der Waals surface area contributed by atoms with E-state index in [1.165, 1.54) is 24.7 Å². The number of anilines is 1. The molecule has 1 aromatic carbocycles. The molecule has 2 aromatic rings. The number of benzene rings is 1. The van der Waals surface area contributed by atoms with Crippen LogP contribution in [0.4, 0.5) is 15.9 Å². The summed E-state index contributed by atoms with van der Waals surface area (Å²) in [5.74, 6) is -1.07. The van der Waals surface area contributed by atoms with Crippen LogP contribution < -0.4 is 4.31 Å². The van der Waals surface area contributed by atoms with Crippen LogP contribution in [0.3, 0.4) is 0 Å². The Morgan fingerprint density at radius 2 is 2.05 bits per heavy atom. The van der Waals surface area contributed by atoms with Crippen LogP contribution >= 0.6 is 0 Å². The Morgan fingerprint density at radius 1 is 1.41 bits per heavy atom. The number of nitrogens with zero attached hydrogens (tertiary/aromatic N) is 4. The highest BCUT2D eigenvalue weighted by atomic mass is 32.2. The molecule has 0 aliphatic rings. The Morgan fingerprint density at radius 3 is 2.55 bits per heavy atom. The smallest absolute Gasteiger partial charge is 0.274 e. The standard InChI is InChI=1S/C12H13FN4O4S/c1-8-6-11(9(13)7-10(8)17(18)19)22(20,21)16(3)12-4-5-15(2)14-12/h4-7H,1-3H3. The number of rotatable bonds is 4. The summed E-state index contributed by atoms with van der Waals surface area (Å²) in [4.78, 5) is 9.36. The van der Waals surface area contributed by atoms with Gasteiger partial charge in [0, 0.05) is 31.9 Å². The molecule has 1 heterocycles. The average molecular weight is 328 g/mol. The fourth-order valence-electron chi connectivity index (χ4n) is 1.88. The van der Waals surface area contributed by atoms with Crippen LogP contribution in [0.5, 0.6) is 0 Å². The summed E-state index contributed by atoms with van der Waals surface area (Å²) >= 11 is 0. The zero-order chi connectivity index (χ0) is 16.7. The van der Waals surface area contributed by atoms with Gasteiger partial charge in [-0.25, -0.2) is 12.8 Å². The third kappa shape index (κ3) is 2.64. The summed E-state index contributed by atoms with van der Waals surface area (Å²) in [7, 11) is -1.37. The SMILES string of the molecule is Cc1cc(S(=O)(=O)N(C)c2ccn(C)n2)c(F)cc1[N+](=O)[O-]. The monoisotopic (exact) mass is 328 g/mol. The van der Waals surface area contributed by atoms with Crippen molar-refractivity contribution in [1.29, 1.82) is 0 Å². The number of hydrogen-bond donors (Lipinski definition) is 0. The van der Waals surface area contributed by atoms with Gasteiger partial charge in [-0.2, -0.15) is 5.10 Å². The van der Waals surface area contributed by atoms with E-state index in [4.69, 9.17) is 0 Å². The molecule has 1 aromatic heterocycles. The molecule has 0 aliphatic carbocycles. The first-order valence-corrected chi connectivity index (χ1v) is 7.51. The molecule has 0 saturated heterocycles. The number of aryl methyl sites for hydroxylation is 2. The lowest BCUT2D eigenvalue weighted by Gasteiger charge is -2.17. The van der Waals surface area contributed by atoms with Gasteiger partial charge in [-0.05, 0) is 13.0 Å². The van der Waals surface area contributed by atoms with Crippen molar-refractivity contribution in [3.63, 3.8) is 0 Å². The predicted molar refractivity (Wildman–Crippen MR) is 76.6 cm³/mol. The van der Waals surface area contributed by atoms with E-state index < -0.39 is 31.3 Å². The number of sulfonamides is 1. The summed E-state index contributed by atoms with van der Waals surface area (Å²) in [5.41, 5.74) is -0.420. The van der Waals surface area contributed by atoms with Crippen molar-refractivity contribution in [2.45, 2.75) is 11.8 Å². The summed E-state index contributed by atoms with van der Waals surface area (Å²) in [6.07, 6.45) is 1.54. The molecule has 0 amide bonds. The third-order valence-corrected chi connectivity index (χ3v) is 4.88. The number of nitro benzene ring substituents is 1. The Balaban J connectivity index is 2.54. The van der Waals surface area contributed by atoms with Gasteiger partial charge in [-0.3, -0.25) is 19.1 Å². The minimum atomic E-state index is -4.21. The Bertz CT molecular complexity index is 847. The molecule has 0 fully saturated rings. The van der Waals surface area contributed by atoms with E-state index in [2.05, 4.69) is 5.10 Å². The second kappa shape index (κ2) is 5.37. The fourth-order valence-corrected chi connectivity index (χ4v) is 3.15. The summed E-state index contributed by atoms with van der Waals surface area (Å²) in [6, 6.07) is 3.00. The Hall–Kier alpha value is -2.49.